The first-order valence-corrected chi connectivity index (χ1v) is 10.6. The van der Waals surface area contributed by atoms with Crippen molar-refractivity contribution in [1.29, 1.82) is 0 Å². The zero-order valence-corrected chi connectivity index (χ0v) is 14.7. The summed E-state index contributed by atoms with van der Waals surface area (Å²) in [6.45, 7) is 2.45. The number of halogens is 1. The molecule has 2 atom stereocenters. The molecule has 2 N–H and O–H groups in total. The van der Waals surface area contributed by atoms with Gasteiger partial charge in [-0.05, 0) is 37.0 Å². The molecule has 0 spiro atoms. The lowest BCUT2D eigenvalue weighted by molar-refractivity contribution is 0.192. The smallest absolute Gasteiger partial charge is 0.243 e. The number of sulfonamides is 1. The van der Waals surface area contributed by atoms with E-state index in [1.165, 1.54) is 4.31 Å². The van der Waals surface area contributed by atoms with Crippen LogP contribution in [0.2, 0.25) is 0 Å². The van der Waals surface area contributed by atoms with Gasteiger partial charge in [-0.1, -0.05) is 6.92 Å². The van der Waals surface area contributed by atoms with Gasteiger partial charge in [-0.3, -0.25) is 0 Å². The van der Waals surface area contributed by atoms with E-state index in [0.29, 0.717) is 13.0 Å². The number of rotatable bonds is 4. The summed E-state index contributed by atoms with van der Waals surface area (Å²) >= 11 is 0. The van der Waals surface area contributed by atoms with E-state index in [9.17, 15) is 21.2 Å². The number of benzene rings is 1. The molecule has 0 bridgehead atoms. The molecule has 0 aliphatic carbocycles. The Kier molecular flexibility index (Phi) is 5.15. The SMILES string of the molecule is C[C@H]1CCCN(S(=O)(=O)c2ccc(S(C)(=O)=O)c(F)c2)[C@@H]1CN. The third kappa shape index (κ3) is 3.57. The minimum Gasteiger partial charge on any atom is -0.329 e. The third-order valence-corrected chi connectivity index (χ3v) is 7.27. The zero-order valence-electron chi connectivity index (χ0n) is 13.1. The van der Waals surface area contributed by atoms with Gasteiger partial charge in [-0.2, -0.15) is 4.31 Å². The first-order chi connectivity index (χ1) is 10.6. The molecule has 1 fully saturated rings. The Morgan fingerprint density at radius 3 is 2.48 bits per heavy atom. The molecule has 1 aliphatic rings. The second-order valence-corrected chi connectivity index (χ2v) is 9.78. The third-order valence-electron chi connectivity index (χ3n) is 4.22. The van der Waals surface area contributed by atoms with Crippen molar-refractivity contribution in [2.75, 3.05) is 19.3 Å². The molecule has 1 aliphatic heterocycles. The van der Waals surface area contributed by atoms with Crippen LogP contribution in [0.15, 0.2) is 28.0 Å². The second kappa shape index (κ2) is 6.46. The number of hydrogen-bond donors (Lipinski definition) is 1. The van der Waals surface area contributed by atoms with Crippen molar-refractivity contribution in [3.8, 4) is 0 Å². The average Bonchev–Trinajstić information content (AvgIpc) is 2.45. The first-order valence-electron chi connectivity index (χ1n) is 7.30. The summed E-state index contributed by atoms with van der Waals surface area (Å²) in [6, 6.07) is 2.54. The fourth-order valence-corrected chi connectivity index (χ4v) is 5.45. The first kappa shape index (κ1) is 18.3. The highest BCUT2D eigenvalue weighted by atomic mass is 32.2. The van der Waals surface area contributed by atoms with Gasteiger partial charge in [0.15, 0.2) is 9.84 Å². The molecule has 0 saturated carbocycles. The second-order valence-electron chi connectivity index (χ2n) is 5.90. The standard InChI is InChI=1S/C14H21FN2O4S2/c1-10-4-3-7-17(13(10)9-16)23(20,21)11-5-6-14(12(15)8-11)22(2,18)19/h5-6,8,10,13H,3-4,7,9,16H2,1-2H3/t10-,13+/m0/s1. The van der Waals surface area contributed by atoms with Crippen LogP contribution in [-0.4, -0.2) is 46.5 Å². The normalized spacial score (nSPS) is 23.8. The van der Waals surface area contributed by atoms with Gasteiger partial charge in [0.25, 0.3) is 0 Å². The number of nitrogens with two attached hydrogens (primary N) is 1. The van der Waals surface area contributed by atoms with Crippen molar-refractivity contribution < 1.29 is 21.2 Å². The highest BCUT2D eigenvalue weighted by Gasteiger charge is 2.36. The van der Waals surface area contributed by atoms with E-state index in [4.69, 9.17) is 5.73 Å². The van der Waals surface area contributed by atoms with Gasteiger partial charge in [0, 0.05) is 25.4 Å². The van der Waals surface area contributed by atoms with Gasteiger partial charge in [-0.15, -0.1) is 0 Å². The van der Waals surface area contributed by atoms with Gasteiger partial charge >= 0.3 is 0 Å². The summed E-state index contributed by atoms with van der Waals surface area (Å²) in [5, 5.41) is 0. The van der Waals surface area contributed by atoms with Crippen LogP contribution in [0.3, 0.4) is 0 Å². The molecule has 0 aromatic heterocycles. The van der Waals surface area contributed by atoms with Crippen LogP contribution in [0.4, 0.5) is 4.39 Å². The predicted molar refractivity (Wildman–Crippen MR) is 84.6 cm³/mol. The maximum atomic E-state index is 14.0. The number of piperidine rings is 1. The quantitative estimate of drug-likeness (QED) is 0.859. The van der Waals surface area contributed by atoms with Crippen molar-refractivity contribution in [2.24, 2.45) is 11.7 Å². The van der Waals surface area contributed by atoms with Crippen LogP contribution in [0.25, 0.3) is 0 Å². The van der Waals surface area contributed by atoms with Crippen molar-refractivity contribution in [2.45, 2.75) is 35.6 Å². The van der Waals surface area contributed by atoms with Crippen LogP contribution in [0.5, 0.6) is 0 Å². The molecule has 1 saturated heterocycles. The van der Waals surface area contributed by atoms with E-state index >= 15 is 0 Å². The van der Waals surface area contributed by atoms with E-state index in [1.807, 2.05) is 6.92 Å². The largest absolute Gasteiger partial charge is 0.329 e. The van der Waals surface area contributed by atoms with Gasteiger partial charge in [0.05, 0.1) is 4.90 Å². The number of hydrogen-bond acceptors (Lipinski definition) is 5. The average molecular weight is 364 g/mol. The summed E-state index contributed by atoms with van der Waals surface area (Å²) in [5.41, 5.74) is 5.71. The Labute approximate surface area is 136 Å². The maximum absolute atomic E-state index is 14.0. The van der Waals surface area contributed by atoms with Gasteiger partial charge in [0.2, 0.25) is 10.0 Å². The Morgan fingerprint density at radius 2 is 1.96 bits per heavy atom. The van der Waals surface area contributed by atoms with E-state index in [1.54, 1.807) is 0 Å². The van der Waals surface area contributed by atoms with Crippen LogP contribution in [-0.2, 0) is 19.9 Å². The lowest BCUT2D eigenvalue weighted by atomic mass is 9.93. The molecular weight excluding hydrogens is 343 g/mol. The molecular formula is C14H21FN2O4S2. The van der Waals surface area contributed by atoms with Gasteiger partial charge < -0.3 is 5.73 Å². The maximum Gasteiger partial charge on any atom is 0.243 e. The molecule has 0 amide bonds. The predicted octanol–water partition coefficient (Wildman–Crippen LogP) is 0.977. The molecule has 6 nitrogen and oxygen atoms in total. The van der Waals surface area contributed by atoms with Crippen molar-refractivity contribution in [1.82, 2.24) is 4.31 Å². The van der Waals surface area contributed by atoms with Crippen molar-refractivity contribution in [3.63, 3.8) is 0 Å². The highest BCUT2D eigenvalue weighted by Crippen LogP contribution is 2.29. The minimum absolute atomic E-state index is 0.115. The topological polar surface area (TPSA) is 97.5 Å². The molecule has 1 aromatic carbocycles. The van der Waals surface area contributed by atoms with Gasteiger partial charge in [0.1, 0.15) is 10.7 Å². The van der Waals surface area contributed by atoms with E-state index in [0.717, 1.165) is 30.9 Å². The summed E-state index contributed by atoms with van der Waals surface area (Å²) < 4.78 is 63.7. The van der Waals surface area contributed by atoms with Gasteiger partial charge in [-0.25, -0.2) is 21.2 Å². The fraction of sp³-hybridized carbons (Fsp3) is 0.571. The Balaban J connectivity index is 2.46. The highest BCUT2D eigenvalue weighted by molar-refractivity contribution is 7.90. The summed E-state index contributed by atoms with van der Waals surface area (Å²) in [6.07, 6.45) is 2.46. The molecule has 0 unspecified atom stereocenters. The molecule has 1 heterocycles. The summed E-state index contributed by atoms with van der Waals surface area (Å²) in [4.78, 5) is -0.770. The molecule has 9 heteroatoms. The Bertz CT molecular complexity index is 793. The monoisotopic (exact) mass is 364 g/mol. The van der Waals surface area contributed by atoms with Crippen LogP contribution in [0.1, 0.15) is 19.8 Å². The Hall–Kier alpha value is -1.03. The van der Waals surface area contributed by atoms with Crippen LogP contribution >= 0.6 is 0 Å². The fourth-order valence-electron chi connectivity index (χ4n) is 2.94. The number of sulfone groups is 1. The molecule has 23 heavy (non-hydrogen) atoms. The van der Waals surface area contributed by atoms with E-state index < -0.39 is 30.6 Å². The lowest BCUT2D eigenvalue weighted by Crippen LogP contribution is -2.51. The molecule has 0 radical (unpaired) electrons. The molecule has 1 aromatic rings. The number of nitrogens with zero attached hydrogens (tertiary/aromatic N) is 1. The summed E-state index contributed by atoms with van der Waals surface area (Å²) in [5.74, 6) is -0.952. The minimum atomic E-state index is -3.92. The van der Waals surface area contributed by atoms with Crippen molar-refractivity contribution >= 4 is 19.9 Å². The summed E-state index contributed by atoms with van der Waals surface area (Å²) in [7, 11) is -7.67. The molecule has 130 valence electrons. The van der Waals surface area contributed by atoms with Crippen molar-refractivity contribution in [3.05, 3.63) is 24.0 Å². The van der Waals surface area contributed by atoms with Crippen LogP contribution < -0.4 is 5.73 Å². The Morgan fingerprint density at radius 1 is 1.30 bits per heavy atom. The van der Waals surface area contributed by atoms with E-state index in [2.05, 4.69) is 0 Å². The lowest BCUT2D eigenvalue weighted by Gasteiger charge is -2.38. The molecule has 2 rings (SSSR count). The van der Waals surface area contributed by atoms with E-state index in [-0.39, 0.29) is 23.4 Å². The zero-order chi connectivity index (χ0) is 17.4. The van der Waals surface area contributed by atoms with Crippen LogP contribution in [0, 0.1) is 11.7 Å².